The smallest absolute Gasteiger partial charge is 0.0817 e. The molecule has 0 spiro atoms. The summed E-state index contributed by atoms with van der Waals surface area (Å²) >= 11 is 0. The fraction of sp³-hybridized carbons (Fsp3) is 0.812. The highest BCUT2D eigenvalue weighted by Gasteiger charge is 2.32. The number of nitrogens with one attached hydrogen (secondary N) is 1. The summed E-state index contributed by atoms with van der Waals surface area (Å²) in [7, 11) is 1.74. The van der Waals surface area contributed by atoms with Crippen LogP contribution in [0.2, 0.25) is 0 Å². The highest BCUT2D eigenvalue weighted by molar-refractivity contribution is 5.05. The van der Waals surface area contributed by atoms with Crippen LogP contribution in [-0.2, 0) is 11.2 Å². The van der Waals surface area contributed by atoms with Crippen LogP contribution in [0.5, 0.6) is 0 Å². The third kappa shape index (κ3) is 3.84. The van der Waals surface area contributed by atoms with Gasteiger partial charge in [-0.2, -0.15) is 5.10 Å². The fourth-order valence-corrected chi connectivity index (χ4v) is 3.23. The van der Waals surface area contributed by atoms with Crippen LogP contribution < -0.4 is 11.3 Å². The van der Waals surface area contributed by atoms with Crippen LogP contribution in [0.25, 0.3) is 0 Å². The molecule has 0 aromatic carbocycles. The lowest BCUT2D eigenvalue weighted by Gasteiger charge is -2.35. The molecule has 0 saturated heterocycles. The molecule has 1 aliphatic carbocycles. The number of aromatic nitrogens is 2. The van der Waals surface area contributed by atoms with Gasteiger partial charge in [0.1, 0.15) is 0 Å². The second-order valence-electron chi connectivity index (χ2n) is 6.37. The maximum absolute atomic E-state index is 5.74. The van der Waals surface area contributed by atoms with Gasteiger partial charge in [-0.3, -0.25) is 16.0 Å². The van der Waals surface area contributed by atoms with E-state index in [0.29, 0.717) is 6.04 Å². The Kier molecular flexibility index (Phi) is 5.79. The van der Waals surface area contributed by atoms with Crippen LogP contribution in [0.1, 0.15) is 64.1 Å². The zero-order chi connectivity index (χ0) is 15.3. The molecule has 1 saturated carbocycles. The number of ether oxygens (including phenoxy) is 1. The lowest BCUT2D eigenvalue weighted by molar-refractivity contribution is -0.0290. The molecule has 0 amide bonds. The van der Waals surface area contributed by atoms with E-state index >= 15 is 0 Å². The molecular formula is C16H30N4O. The molecule has 5 heteroatoms. The Labute approximate surface area is 128 Å². The van der Waals surface area contributed by atoms with Crippen molar-refractivity contribution >= 4 is 0 Å². The predicted molar refractivity (Wildman–Crippen MR) is 84.9 cm³/mol. The van der Waals surface area contributed by atoms with Gasteiger partial charge in [-0.15, -0.1) is 0 Å². The number of rotatable bonds is 7. The van der Waals surface area contributed by atoms with E-state index in [4.69, 9.17) is 15.7 Å². The van der Waals surface area contributed by atoms with Crippen molar-refractivity contribution in [2.45, 2.75) is 76.5 Å². The van der Waals surface area contributed by atoms with Gasteiger partial charge in [0.05, 0.1) is 23.4 Å². The molecule has 2 unspecified atom stereocenters. The van der Waals surface area contributed by atoms with Crippen LogP contribution in [0.4, 0.5) is 0 Å². The van der Waals surface area contributed by atoms with Gasteiger partial charge < -0.3 is 4.74 Å². The quantitative estimate of drug-likeness (QED) is 0.599. The summed E-state index contributed by atoms with van der Waals surface area (Å²) in [6, 6.07) is 2.75. The molecule has 1 fully saturated rings. The Morgan fingerprint density at radius 1 is 1.48 bits per heavy atom. The number of nitrogens with two attached hydrogens (primary N) is 1. The van der Waals surface area contributed by atoms with Crippen LogP contribution >= 0.6 is 0 Å². The van der Waals surface area contributed by atoms with Crippen LogP contribution in [-0.4, -0.2) is 28.5 Å². The van der Waals surface area contributed by atoms with Crippen LogP contribution in [0, 0.1) is 0 Å². The summed E-state index contributed by atoms with van der Waals surface area (Å²) in [5.41, 5.74) is 3.72. The second-order valence-corrected chi connectivity index (χ2v) is 6.37. The van der Waals surface area contributed by atoms with Crippen LogP contribution in [0.3, 0.4) is 0 Å². The summed E-state index contributed by atoms with van der Waals surface area (Å²) in [6.07, 6.45) is 10.3. The molecule has 0 bridgehead atoms. The molecule has 0 radical (unpaired) electrons. The first-order valence-corrected chi connectivity index (χ1v) is 8.18. The van der Waals surface area contributed by atoms with Gasteiger partial charge in [0.2, 0.25) is 0 Å². The number of hydrazine groups is 1. The summed E-state index contributed by atoms with van der Waals surface area (Å²) in [5, 5.41) is 4.77. The molecule has 3 N–H and O–H groups in total. The molecule has 120 valence electrons. The number of nitrogens with zero attached hydrogens (tertiary/aromatic N) is 2. The number of hydrogen-bond donors (Lipinski definition) is 2. The Morgan fingerprint density at radius 2 is 2.19 bits per heavy atom. The third-order valence-electron chi connectivity index (χ3n) is 5.13. The maximum Gasteiger partial charge on any atom is 0.0817 e. The zero-order valence-corrected chi connectivity index (χ0v) is 13.6. The minimum absolute atomic E-state index is 0.0576. The fourth-order valence-electron chi connectivity index (χ4n) is 3.23. The first kappa shape index (κ1) is 16.5. The first-order chi connectivity index (χ1) is 10.1. The normalized spacial score (nSPS) is 21.1. The highest BCUT2D eigenvalue weighted by Crippen LogP contribution is 2.28. The van der Waals surface area contributed by atoms with Crippen molar-refractivity contribution in [3.8, 4) is 0 Å². The van der Waals surface area contributed by atoms with Crippen molar-refractivity contribution < 1.29 is 4.74 Å². The summed E-state index contributed by atoms with van der Waals surface area (Å²) in [4.78, 5) is 0. The van der Waals surface area contributed by atoms with Crippen molar-refractivity contribution in [3.05, 3.63) is 18.0 Å². The minimum Gasteiger partial charge on any atom is -0.377 e. The van der Waals surface area contributed by atoms with E-state index in [1.165, 1.54) is 32.1 Å². The first-order valence-electron chi connectivity index (χ1n) is 8.18. The summed E-state index contributed by atoms with van der Waals surface area (Å²) in [6.45, 7) is 4.21. The van der Waals surface area contributed by atoms with E-state index in [1.54, 1.807) is 7.11 Å². The van der Waals surface area contributed by atoms with Crippen molar-refractivity contribution in [2.75, 3.05) is 7.11 Å². The van der Waals surface area contributed by atoms with Crippen molar-refractivity contribution in [1.82, 2.24) is 15.2 Å². The lowest BCUT2D eigenvalue weighted by atomic mass is 9.90. The molecule has 1 aromatic heterocycles. The van der Waals surface area contributed by atoms with Gasteiger partial charge in [-0.25, -0.2) is 0 Å². The van der Waals surface area contributed by atoms with Gasteiger partial charge >= 0.3 is 0 Å². The largest absolute Gasteiger partial charge is 0.377 e. The molecule has 2 rings (SSSR count). The third-order valence-corrected chi connectivity index (χ3v) is 5.13. The molecule has 1 aromatic rings. The minimum atomic E-state index is -0.274. The summed E-state index contributed by atoms with van der Waals surface area (Å²) in [5.74, 6) is 5.74. The molecule has 2 atom stereocenters. The molecular weight excluding hydrogens is 264 g/mol. The van der Waals surface area contributed by atoms with Crippen molar-refractivity contribution in [1.29, 1.82) is 0 Å². The van der Waals surface area contributed by atoms with E-state index in [2.05, 4.69) is 36.2 Å². The Morgan fingerprint density at radius 3 is 2.76 bits per heavy atom. The average molecular weight is 294 g/mol. The van der Waals surface area contributed by atoms with Gasteiger partial charge in [-0.1, -0.05) is 26.2 Å². The van der Waals surface area contributed by atoms with E-state index < -0.39 is 0 Å². The highest BCUT2D eigenvalue weighted by atomic mass is 16.5. The van der Waals surface area contributed by atoms with E-state index in [-0.39, 0.29) is 11.6 Å². The van der Waals surface area contributed by atoms with Gasteiger partial charge in [-0.05, 0) is 32.3 Å². The van der Waals surface area contributed by atoms with Gasteiger partial charge in [0, 0.05) is 19.7 Å². The standard InChI is InChI=1S/C16H30N4O/c1-4-16(2,21-3)15(18-17)12-13-10-11-20(19-13)14-8-6-5-7-9-14/h10-11,14-15,18H,4-9,12,17H2,1-3H3. The van der Waals surface area contributed by atoms with Gasteiger partial charge in [0.25, 0.3) is 0 Å². The molecule has 1 aliphatic rings. The number of hydrogen-bond acceptors (Lipinski definition) is 4. The Bertz CT molecular complexity index is 422. The predicted octanol–water partition coefficient (Wildman–Crippen LogP) is 2.58. The molecule has 21 heavy (non-hydrogen) atoms. The van der Waals surface area contributed by atoms with E-state index in [1.807, 2.05) is 0 Å². The molecule has 5 nitrogen and oxygen atoms in total. The maximum atomic E-state index is 5.74. The molecule has 0 aliphatic heterocycles. The average Bonchev–Trinajstić information content (AvgIpc) is 3.01. The molecule has 1 heterocycles. The van der Waals surface area contributed by atoms with Crippen molar-refractivity contribution in [3.63, 3.8) is 0 Å². The lowest BCUT2D eigenvalue weighted by Crippen LogP contribution is -2.53. The monoisotopic (exact) mass is 294 g/mol. The number of methoxy groups -OCH3 is 1. The topological polar surface area (TPSA) is 65.1 Å². The SMILES string of the molecule is CCC(C)(OC)C(Cc1ccn(C2CCCCC2)n1)NN. The zero-order valence-electron chi connectivity index (χ0n) is 13.6. The van der Waals surface area contributed by atoms with E-state index in [9.17, 15) is 0 Å². The van der Waals surface area contributed by atoms with Gasteiger partial charge in [0.15, 0.2) is 0 Å². The Hall–Kier alpha value is -0.910. The second kappa shape index (κ2) is 7.38. The Balaban J connectivity index is 2.03. The van der Waals surface area contributed by atoms with E-state index in [0.717, 1.165) is 18.5 Å². The van der Waals surface area contributed by atoms with Crippen LogP contribution in [0.15, 0.2) is 12.3 Å². The van der Waals surface area contributed by atoms with Crippen molar-refractivity contribution in [2.24, 2.45) is 5.84 Å². The summed E-state index contributed by atoms with van der Waals surface area (Å²) < 4.78 is 7.81.